The monoisotopic (exact) mass is 330 g/mol. The SMILES string of the molecule is Cc1cc(OCC(=O)N2CCCC2c2ccncc2)ccc1Cl. The maximum absolute atomic E-state index is 12.5. The molecule has 1 aromatic carbocycles. The Labute approximate surface area is 141 Å². The van der Waals surface area contributed by atoms with E-state index in [-0.39, 0.29) is 18.6 Å². The lowest BCUT2D eigenvalue weighted by molar-refractivity contribution is -0.134. The number of ether oxygens (including phenoxy) is 1. The number of nitrogens with zero attached hydrogens (tertiary/aromatic N) is 2. The lowest BCUT2D eigenvalue weighted by Gasteiger charge is -2.25. The zero-order valence-corrected chi connectivity index (χ0v) is 13.8. The standard InChI is InChI=1S/C18H19ClN2O2/c1-13-11-15(4-5-16(13)19)23-12-18(22)21-10-2-3-17(21)14-6-8-20-9-7-14/h4-9,11,17H,2-3,10,12H2,1H3. The van der Waals surface area contributed by atoms with Crippen LogP contribution in [0.4, 0.5) is 0 Å². The minimum Gasteiger partial charge on any atom is -0.484 e. The second-order valence-electron chi connectivity index (χ2n) is 5.73. The Morgan fingerprint density at radius 3 is 2.87 bits per heavy atom. The fourth-order valence-corrected chi connectivity index (χ4v) is 3.05. The van der Waals surface area contributed by atoms with E-state index < -0.39 is 0 Å². The van der Waals surface area contributed by atoms with Crippen LogP contribution in [0.5, 0.6) is 5.75 Å². The van der Waals surface area contributed by atoms with Crippen molar-refractivity contribution in [1.29, 1.82) is 0 Å². The largest absolute Gasteiger partial charge is 0.484 e. The van der Waals surface area contributed by atoms with Gasteiger partial charge in [0, 0.05) is 24.0 Å². The zero-order valence-electron chi connectivity index (χ0n) is 13.0. The number of carbonyl (C=O) groups is 1. The summed E-state index contributed by atoms with van der Waals surface area (Å²) >= 11 is 6.00. The van der Waals surface area contributed by atoms with E-state index in [1.807, 2.05) is 30.0 Å². The molecule has 0 N–H and O–H groups in total. The highest BCUT2D eigenvalue weighted by atomic mass is 35.5. The maximum Gasteiger partial charge on any atom is 0.261 e. The van der Waals surface area contributed by atoms with E-state index in [9.17, 15) is 4.79 Å². The second kappa shape index (κ2) is 7.01. The van der Waals surface area contributed by atoms with E-state index >= 15 is 0 Å². The van der Waals surface area contributed by atoms with E-state index in [2.05, 4.69) is 4.98 Å². The molecule has 0 aliphatic carbocycles. The molecule has 1 atom stereocenters. The second-order valence-corrected chi connectivity index (χ2v) is 6.13. The highest BCUT2D eigenvalue weighted by Gasteiger charge is 2.29. The van der Waals surface area contributed by atoms with Crippen molar-refractivity contribution in [3.63, 3.8) is 0 Å². The van der Waals surface area contributed by atoms with Crippen molar-refractivity contribution in [3.05, 3.63) is 58.9 Å². The molecule has 3 rings (SSSR count). The van der Waals surface area contributed by atoms with Crippen molar-refractivity contribution < 1.29 is 9.53 Å². The summed E-state index contributed by atoms with van der Waals surface area (Å²) in [5.41, 5.74) is 2.07. The van der Waals surface area contributed by atoms with Crippen LogP contribution in [0.1, 0.15) is 30.0 Å². The molecule has 1 saturated heterocycles. The number of pyridine rings is 1. The molecule has 1 aliphatic rings. The Balaban J connectivity index is 1.64. The normalized spacial score (nSPS) is 17.3. The quantitative estimate of drug-likeness (QED) is 0.856. The van der Waals surface area contributed by atoms with Crippen molar-refractivity contribution in [3.8, 4) is 5.75 Å². The average Bonchev–Trinajstić information content (AvgIpc) is 3.06. The van der Waals surface area contributed by atoms with Crippen molar-refractivity contribution in [2.24, 2.45) is 0 Å². The number of amides is 1. The van der Waals surface area contributed by atoms with Gasteiger partial charge in [0.2, 0.25) is 0 Å². The van der Waals surface area contributed by atoms with Gasteiger partial charge in [0.15, 0.2) is 6.61 Å². The molecule has 1 amide bonds. The van der Waals surface area contributed by atoms with Crippen LogP contribution in [0.15, 0.2) is 42.7 Å². The van der Waals surface area contributed by atoms with E-state index in [1.54, 1.807) is 24.5 Å². The summed E-state index contributed by atoms with van der Waals surface area (Å²) in [5.74, 6) is 0.678. The van der Waals surface area contributed by atoms with E-state index in [1.165, 1.54) is 0 Å². The molecule has 5 heteroatoms. The van der Waals surface area contributed by atoms with Gasteiger partial charge in [-0.1, -0.05) is 11.6 Å². The molecule has 120 valence electrons. The minimum absolute atomic E-state index is 0.0110. The van der Waals surface area contributed by atoms with Crippen molar-refractivity contribution >= 4 is 17.5 Å². The number of aryl methyl sites for hydroxylation is 1. The molecule has 1 unspecified atom stereocenters. The van der Waals surface area contributed by atoms with E-state index in [4.69, 9.17) is 16.3 Å². The van der Waals surface area contributed by atoms with E-state index in [0.717, 1.165) is 30.5 Å². The van der Waals surface area contributed by atoms with Crippen molar-refractivity contribution in [2.45, 2.75) is 25.8 Å². The van der Waals surface area contributed by atoms with Crippen molar-refractivity contribution in [1.82, 2.24) is 9.88 Å². The summed E-state index contributed by atoms with van der Waals surface area (Å²) in [4.78, 5) is 18.5. The first-order chi connectivity index (χ1) is 11.1. The topological polar surface area (TPSA) is 42.4 Å². The fraction of sp³-hybridized carbons (Fsp3) is 0.333. The van der Waals surface area contributed by atoms with Gasteiger partial charge < -0.3 is 9.64 Å². The predicted molar refractivity (Wildman–Crippen MR) is 89.6 cm³/mol. The number of carbonyl (C=O) groups excluding carboxylic acids is 1. The Kier molecular flexibility index (Phi) is 4.82. The number of hydrogen-bond donors (Lipinski definition) is 0. The van der Waals surface area contributed by atoms with Gasteiger partial charge in [-0.15, -0.1) is 0 Å². The van der Waals surface area contributed by atoms with Gasteiger partial charge in [0.25, 0.3) is 5.91 Å². The Hall–Kier alpha value is -2.07. The highest BCUT2D eigenvalue weighted by Crippen LogP contribution is 2.31. The number of rotatable bonds is 4. The Bertz CT molecular complexity index is 691. The smallest absolute Gasteiger partial charge is 0.261 e. The zero-order chi connectivity index (χ0) is 16.2. The van der Waals surface area contributed by atoms with Gasteiger partial charge in [-0.25, -0.2) is 0 Å². The summed E-state index contributed by atoms with van der Waals surface area (Å²) in [5, 5.41) is 0.695. The average molecular weight is 331 g/mol. The van der Waals surface area contributed by atoms with Crippen LogP contribution in [-0.4, -0.2) is 28.9 Å². The highest BCUT2D eigenvalue weighted by molar-refractivity contribution is 6.31. The maximum atomic E-state index is 12.5. The van der Waals surface area contributed by atoms with Gasteiger partial charge in [-0.2, -0.15) is 0 Å². The van der Waals surface area contributed by atoms with Crippen LogP contribution in [0.2, 0.25) is 5.02 Å². The van der Waals surface area contributed by atoms with Crippen LogP contribution in [0.25, 0.3) is 0 Å². The number of hydrogen-bond acceptors (Lipinski definition) is 3. The third-order valence-corrected chi connectivity index (χ3v) is 4.58. The summed E-state index contributed by atoms with van der Waals surface area (Å²) in [6.45, 7) is 2.73. The number of likely N-dealkylation sites (tertiary alicyclic amines) is 1. The number of benzene rings is 1. The van der Waals surface area contributed by atoms with E-state index in [0.29, 0.717) is 10.8 Å². The third kappa shape index (κ3) is 3.64. The summed E-state index contributed by atoms with van der Waals surface area (Å²) < 4.78 is 5.64. The van der Waals surface area contributed by atoms with Gasteiger partial charge in [0.05, 0.1) is 6.04 Å². The first kappa shape index (κ1) is 15.8. The molecule has 0 saturated carbocycles. The van der Waals surface area contributed by atoms with Crippen LogP contribution in [0.3, 0.4) is 0 Å². The molecule has 1 fully saturated rings. The molecular formula is C18H19ClN2O2. The lowest BCUT2D eigenvalue weighted by Crippen LogP contribution is -2.34. The van der Waals surface area contributed by atoms with Crippen LogP contribution in [-0.2, 0) is 4.79 Å². The van der Waals surface area contributed by atoms with Crippen LogP contribution >= 0.6 is 11.6 Å². The molecule has 0 spiro atoms. The first-order valence-electron chi connectivity index (χ1n) is 7.73. The lowest BCUT2D eigenvalue weighted by atomic mass is 10.1. The molecule has 1 aliphatic heterocycles. The molecule has 23 heavy (non-hydrogen) atoms. The minimum atomic E-state index is 0.0110. The first-order valence-corrected chi connectivity index (χ1v) is 8.11. The Morgan fingerprint density at radius 2 is 2.13 bits per heavy atom. The number of aromatic nitrogens is 1. The van der Waals surface area contributed by atoms with Gasteiger partial charge in [0.1, 0.15) is 5.75 Å². The van der Waals surface area contributed by atoms with Crippen LogP contribution in [0, 0.1) is 6.92 Å². The summed E-state index contributed by atoms with van der Waals surface area (Å²) in [7, 11) is 0. The number of halogens is 1. The molecule has 2 heterocycles. The van der Waals surface area contributed by atoms with Gasteiger partial charge in [-0.05, 0) is 61.2 Å². The molecule has 2 aromatic rings. The van der Waals surface area contributed by atoms with Gasteiger partial charge >= 0.3 is 0 Å². The third-order valence-electron chi connectivity index (χ3n) is 4.16. The van der Waals surface area contributed by atoms with Crippen LogP contribution < -0.4 is 4.74 Å². The summed E-state index contributed by atoms with van der Waals surface area (Å²) in [6, 6.07) is 9.49. The fourth-order valence-electron chi connectivity index (χ4n) is 2.93. The van der Waals surface area contributed by atoms with Crippen molar-refractivity contribution in [2.75, 3.05) is 13.2 Å². The summed E-state index contributed by atoms with van der Waals surface area (Å²) in [6.07, 6.45) is 5.53. The van der Waals surface area contributed by atoms with Gasteiger partial charge in [-0.3, -0.25) is 9.78 Å². The molecular weight excluding hydrogens is 312 g/mol. The molecule has 1 aromatic heterocycles. The Morgan fingerprint density at radius 1 is 1.35 bits per heavy atom. The molecule has 0 bridgehead atoms. The predicted octanol–water partition coefficient (Wildman–Crippen LogP) is 3.79. The molecule has 4 nitrogen and oxygen atoms in total. The molecule has 0 radical (unpaired) electrons.